The highest BCUT2D eigenvalue weighted by atomic mass is 16.5. The standard InChI is InChI=1S/C27H30N2O3/c1-32-20-6-4-5-18(15-20)25-24(26(30)28-23-14-16-9-10-17(23)13-16)21-7-2-3-8-22(21)27(31)29(25)19-11-12-19/h2-8,15-17,19,23-25H,9-14H2,1H3,(H,28,30). The number of nitrogens with zero attached hydrogens (tertiary/aromatic N) is 1. The van der Waals surface area contributed by atoms with Gasteiger partial charge >= 0.3 is 0 Å². The van der Waals surface area contributed by atoms with E-state index in [-0.39, 0.29) is 29.9 Å². The Morgan fingerprint density at radius 2 is 1.88 bits per heavy atom. The van der Waals surface area contributed by atoms with Crippen molar-refractivity contribution in [2.24, 2.45) is 11.8 Å². The molecule has 2 amide bonds. The van der Waals surface area contributed by atoms with E-state index in [1.54, 1.807) is 7.11 Å². The molecule has 5 heteroatoms. The molecule has 2 aromatic carbocycles. The molecule has 0 saturated heterocycles. The molecule has 4 aliphatic rings. The zero-order chi connectivity index (χ0) is 21.8. The van der Waals surface area contributed by atoms with Crippen LogP contribution < -0.4 is 10.1 Å². The first kappa shape index (κ1) is 19.8. The molecule has 2 aromatic rings. The first-order valence-electron chi connectivity index (χ1n) is 12.0. The molecule has 2 bridgehead atoms. The topological polar surface area (TPSA) is 58.6 Å². The van der Waals surface area contributed by atoms with Crippen molar-refractivity contribution in [3.05, 3.63) is 65.2 Å². The number of benzene rings is 2. The average molecular weight is 431 g/mol. The van der Waals surface area contributed by atoms with Crippen LogP contribution >= 0.6 is 0 Å². The molecule has 1 heterocycles. The second kappa shape index (κ2) is 7.65. The Labute approximate surface area is 189 Å². The highest BCUT2D eigenvalue weighted by Crippen LogP contribution is 2.49. The van der Waals surface area contributed by atoms with Crippen LogP contribution in [0.15, 0.2) is 48.5 Å². The van der Waals surface area contributed by atoms with Crippen molar-refractivity contribution in [2.75, 3.05) is 7.11 Å². The largest absolute Gasteiger partial charge is 0.497 e. The maximum Gasteiger partial charge on any atom is 0.254 e. The summed E-state index contributed by atoms with van der Waals surface area (Å²) in [6, 6.07) is 15.7. The summed E-state index contributed by atoms with van der Waals surface area (Å²) in [6.45, 7) is 0. The van der Waals surface area contributed by atoms with Gasteiger partial charge in [0.15, 0.2) is 0 Å². The lowest BCUT2D eigenvalue weighted by atomic mass is 9.78. The Bertz CT molecular complexity index is 1060. The summed E-state index contributed by atoms with van der Waals surface area (Å²) in [5.74, 6) is 1.80. The van der Waals surface area contributed by atoms with Crippen LogP contribution in [0.2, 0.25) is 0 Å². The lowest BCUT2D eigenvalue weighted by Gasteiger charge is -2.42. The van der Waals surface area contributed by atoms with E-state index in [2.05, 4.69) is 5.32 Å². The van der Waals surface area contributed by atoms with Crippen molar-refractivity contribution >= 4 is 11.8 Å². The number of ether oxygens (including phenoxy) is 1. The number of hydrogen-bond donors (Lipinski definition) is 1. The summed E-state index contributed by atoms with van der Waals surface area (Å²) in [5.41, 5.74) is 2.49. The number of nitrogens with one attached hydrogen (secondary N) is 1. The van der Waals surface area contributed by atoms with Crippen LogP contribution in [-0.2, 0) is 4.79 Å². The molecule has 5 atom stereocenters. The summed E-state index contributed by atoms with van der Waals surface area (Å²) in [5, 5.41) is 3.44. The van der Waals surface area contributed by atoms with E-state index in [1.165, 1.54) is 19.3 Å². The van der Waals surface area contributed by atoms with Gasteiger partial charge in [-0.1, -0.05) is 36.8 Å². The third kappa shape index (κ3) is 3.21. The number of carbonyl (C=O) groups is 2. The van der Waals surface area contributed by atoms with Gasteiger partial charge in [-0.15, -0.1) is 0 Å². The third-order valence-electron chi connectivity index (χ3n) is 8.10. The van der Waals surface area contributed by atoms with Gasteiger partial charge in [0.2, 0.25) is 5.91 Å². The van der Waals surface area contributed by atoms with Crippen molar-refractivity contribution in [3.63, 3.8) is 0 Å². The summed E-state index contributed by atoms with van der Waals surface area (Å²) >= 11 is 0. The monoisotopic (exact) mass is 430 g/mol. The first-order chi connectivity index (χ1) is 15.6. The van der Waals surface area contributed by atoms with Crippen molar-refractivity contribution in [1.82, 2.24) is 10.2 Å². The maximum absolute atomic E-state index is 13.9. The van der Waals surface area contributed by atoms with Crippen molar-refractivity contribution < 1.29 is 14.3 Å². The van der Waals surface area contributed by atoms with E-state index >= 15 is 0 Å². The SMILES string of the molecule is COc1cccc(C2C(C(=O)NC3CC4CCC3C4)c3ccccc3C(=O)N2C2CC2)c1. The van der Waals surface area contributed by atoms with Gasteiger partial charge in [0.05, 0.1) is 19.1 Å². The van der Waals surface area contributed by atoms with Crippen molar-refractivity contribution in [3.8, 4) is 5.75 Å². The number of methoxy groups -OCH3 is 1. The fourth-order valence-electron chi connectivity index (χ4n) is 6.46. The minimum atomic E-state index is -0.421. The highest BCUT2D eigenvalue weighted by molar-refractivity contribution is 6.01. The molecular weight excluding hydrogens is 400 g/mol. The number of carbonyl (C=O) groups excluding carboxylic acids is 2. The zero-order valence-corrected chi connectivity index (χ0v) is 18.5. The van der Waals surface area contributed by atoms with E-state index in [0.29, 0.717) is 11.5 Å². The smallest absolute Gasteiger partial charge is 0.254 e. The predicted molar refractivity (Wildman–Crippen MR) is 121 cm³/mol. The predicted octanol–water partition coefficient (Wildman–Crippen LogP) is 4.44. The van der Waals surface area contributed by atoms with Gasteiger partial charge < -0.3 is 15.0 Å². The Morgan fingerprint density at radius 3 is 2.59 bits per heavy atom. The number of amides is 2. The first-order valence-corrected chi connectivity index (χ1v) is 12.0. The quantitative estimate of drug-likeness (QED) is 0.763. The van der Waals surface area contributed by atoms with Crippen LogP contribution in [0, 0.1) is 11.8 Å². The van der Waals surface area contributed by atoms with Gasteiger partial charge in [-0.25, -0.2) is 0 Å². The lowest BCUT2D eigenvalue weighted by Crippen LogP contribution is -2.50. The fourth-order valence-corrected chi connectivity index (χ4v) is 6.46. The highest BCUT2D eigenvalue weighted by Gasteiger charge is 2.50. The molecule has 1 N–H and O–H groups in total. The Kier molecular flexibility index (Phi) is 4.74. The van der Waals surface area contributed by atoms with Gasteiger partial charge in [0, 0.05) is 17.6 Å². The summed E-state index contributed by atoms with van der Waals surface area (Å²) in [7, 11) is 1.65. The second-order valence-corrected chi connectivity index (χ2v) is 10.0. The van der Waals surface area contributed by atoms with Crippen molar-refractivity contribution in [2.45, 2.75) is 62.6 Å². The van der Waals surface area contributed by atoms with E-state index in [0.717, 1.165) is 42.1 Å². The van der Waals surface area contributed by atoms with Crippen LogP contribution in [0.1, 0.15) is 72.0 Å². The number of rotatable bonds is 5. The fraction of sp³-hybridized carbons (Fsp3) is 0.481. The maximum atomic E-state index is 13.9. The summed E-state index contributed by atoms with van der Waals surface area (Å²) in [4.78, 5) is 29.6. The van der Waals surface area contributed by atoms with Crippen LogP contribution in [-0.4, -0.2) is 35.9 Å². The second-order valence-electron chi connectivity index (χ2n) is 10.0. The molecule has 3 saturated carbocycles. The summed E-state index contributed by atoms with van der Waals surface area (Å²) in [6.07, 6.45) is 6.87. The molecule has 166 valence electrons. The van der Waals surface area contributed by atoms with E-state index < -0.39 is 5.92 Å². The lowest BCUT2D eigenvalue weighted by molar-refractivity contribution is -0.125. The Hall–Kier alpha value is -2.82. The van der Waals surface area contributed by atoms with Crippen LogP contribution in [0.5, 0.6) is 5.75 Å². The number of hydrogen-bond acceptors (Lipinski definition) is 3. The van der Waals surface area contributed by atoms with Crippen LogP contribution in [0.3, 0.4) is 0 Å². The Morgan fingerprint density at radius 1 is 1.03 bits per heavy atom. The average Bonchev–Trinajstić information content (AvgIpc) is 3.44. The molecule has 1 aliphatic heterocycles. The molecule has 3 aliphatic carbocycles. The normalized spacial score (nSPS) is 30.8. The van der Waals surface area contributed by atoms with Gasteiger partial charge in [-0.05, 0) is 73.3 Å². The Balaban J connectivity index is 1.43. The van der Waals surface area contributed by atoms with E-state index in [4.69, 9.17) is 4.74 Å². The number of fused-ring (bicyclic) bond motifs is 3. The van der Waals surface area contributed by atoms with Crippen LogP contribution in [0.4, 0.5) is 0 Å². The molecule has 6 rings (SSSR count). The van der Waals surface area contributed by atoms with Crippen molar-refractivity contribution in [1.29, 1.82) is 0 Å². The van der Waals surface area contributed by atoms with Gasteiger partial charge in [-0.3, -0.25) is 9.59 Å². The minimum Gasteiger partial charge on any atom is -0.497 e. The molecule has 5 nitrogen and oxygen atoms in total. The van der Waals surface area contributed by atoms with E-state index in [9.17, 15) is 9.59 Å². The summed E-state index contributed by atoms with van der Waals surface area (Å²) < 4.78 is 5.49. The molecule has 0 spiro atoms. The van der Waals surface area contributed by atoms with Gasteiger partial charge in [0.25, 0.3) is 5.91 Å². The van der Waals surface area contributed by atoms with E-state index in [1.807, 2.05) is 53.4 Å². The molecule has 0 aromatic heterocycles. The molecular formula is C27H30N2O3. The van der Waals surface area contributed by atoms with Crippen LogP contribution in [0.25, 0.3) is 0 Å². The third-order valence-corrected chi connectivity index (χ3v) is 8.10. The molecule has 3 fully saturated rings. The minimum absolute atomic E-state index is 0.0416. The molecule has 32 heavy (non-hydrogen) atoms. The zero-order valence-electron chi connectivity index (χ0n) is 18.5. The van der Waals surface area contributed by atoms with Gasteiger partial charge in [0.1, 0.15) is 5.75 Å². The molecule has 5 unspecified atom stereocenters. The molecule has 0 radical (unpaired) electrons. The van der Waals surface area contributed by atoms with Gasteiger partial charge in [-0.2, -0.15) is 0 Å².